The number of rotatable bonds is 7. The Kier molecular flexibility index (Phi) is 7.19. The largest absolute Gasteiger partial charge is 0.352 e. The van der Waals surface area contributed by atoms with Gasteiger partial charge in [0.05, 0.1) is 6.33 Å². The molecule has 0 amide bonds. The van der Waals surface area contributed by atoms with Gasteiger partial charge >= 0.3 is 0 Å². The molecule has 0 saturated heterocycles. The van der Waals surface area contributed by atoms with Gasteiger partial charge in [0, 0.05) is 48.8 Å². The summed E-state index contributed by atoms with van der Waals surface area (Å²) in [6.45, 7) is 3.13. The van der Waals surface area contributed by atoms with E-state index in [4.69, 9.17) is 10.7 Å². The summed E-state index contributed by atoms with van der Waals surface area (Å²) in [6, 6.07) is 7.84. The summed E-state index contributed by atoms with van der Waals surface area (Å²) in [4.78, 5) is 20.5. The molecule has 1 aliphatic rings. The molecule has 1 fully saturated rings. The van der Waals surface area contributed by atoms with E-state index in [-0.39, 0.29) is 17.9 Å². The van der Waals surface area contributed by atoms with E-state index in [1.807, 2.05) is 41.4 Å². The summed E-state index contributed by atoms with van der Waals surface area (Å²) in [5.74, 6) is 0.762. The summed E-state index contributed by atoms with van der Waals surface area (Å²) < 4.78 is 2.05. The first-order valence-corrected chi connectivity index (χ1v) is 10.0. The normalized spacial score (nSPS) is 20.0. The van der Waals surface area contributed by atoms with Gasteiger partial charge < -0.3 is 20.9 Å². The van der Waals surface area contributed by atoms with Crippen LogP contribution in [0.25, 0.3) is 0 Å². The van der Waals surface area contributed by atoms with Crippen LogP contribution in [0.3, 0.4) is 0 Å². The number of carbonyl (C=O) groups excluding carboxylic acids is 1. The van der Waals surface area contributed by atoms with Crippen LogP contribution in [0.2, 0.25) is 0 Å². The Labute approximate surface area is 166 Å². The van der Waals surface area contributed by atoms with Crippen molar-refractivity contribution in [3.63, 3.8) is 0 Å². The maximum absolute atomic E-state index is 11.7. The van der Waals surface area contributed by atoms with Gasteiger partial charge in [-0.2, -0.15) is 0 Å². The number of aryl methyl sites for hydroxylation is 1. The van der Waals surface area contributed by atoms with E-state index in [1.54, 1.807) is 13.1 Å². The minimum atomic E-state index is 0.0460. The van der Waals surface area contributed by atoms with E-state index in [0.29, 0.717) is 18.1 Å². The van der Waals surface area contributed by atoms with Crippen molar-refractivity contribution in [2.75, 3.05) is 11.9 Å². The number of benzene rings is 1. The topological polar surface area (TPSA) is 97.3 Å². The maximum Gasteiger partial charge on any atom is 0.196 e. The lowest BCUT2D eigenvalue weighted by molar-refractivity contribution is 0.101. The number of guanidine groups is 1. The molecule has 0 bridgehead atoms. The number of aromatic nitrogens is 2. The minimum Gasteiger partial charge on any atom is -0.352 e. The molecular formula is C21H30N6O. The molecule has 2 atom stereocenters. The minimum absolute atomic E-state index is 0.0460. The highest BCUT2D eigenvalue weighted by Gasteiger charge is 2.22. The number of hydrogen-bond acceptors (Lipinski definition) is 4. The zero-order valence-corrected chi connectivity index (χ0v) is 16.5. The Morgan fingerprint density at radius 3 is 2.96 bits per heavy atom. The number of ketones is 1. The SMILES string of the molecule is CC(=O)c1cccc(NC(=NCCCn2ccnc2)N[C@H]2CCCC[C@@H]2N)c1. The van der Waals surface area contributed by atoms with Crippen LogP contribution in [-0.4, -0.2) is 39.9 Å². The summed E-state index contributed by atoms with van der Waals surface area (Å²) >= 11 is 0. The van der Waals surface area contributed by atoms with Crippen molar-refractivity contribution in [3.05, 3.63) is 48.5 Å². The molecule has 0 radical (unpaired) electrons. The molecule has 1 aromatic heterocycles. The molecule has 1 saturated carbocycles. The average Bonchev–Trinajstić information content (AvgIpc) is 3.20. The maximum atomic E-state index is 11.7. The number of hydrogen-bond donors (Lipinski definition) is 3. The van der Waals surface area contributed by atoms with Crippen molar-refractivity contribution < 1.29 is 4.79 Å². The molecule has 28 heavy (non-hydrogen) atoms. The molecule has 7 heteroatoms. The van der Waals surface area contributed by atoms with Crippen molar-refractivity contribution in [3.8, 4) is 0 Å². The molecule has 3 rings (SSSR count). The van der Waals surface area contributed by atoms with Crippen LogP contribution in [0.1, 0.15) is 49.4 Å². The summed E-state index contributed by atoms with van der Waals surface area (Å²) in [5, 5.41) is 6.85. The van der Waals surface area contributed by atoms with Gasteiger partial charge in [0.2, 0.25) is 0 Å². The molecule has 0 aliphatic heterocycles. The average molecular weight is 383 g/mol. The van der Waals surface area contributed by atoms with Gasteiger partial charge in [0.1, 0.15) is 0 Å². The summed E-state index contributed by atoms with van der Waals surface area (Å²) in [5.41, 5.74) is 7.83. The fraction of sp³-hybridized carbons (Fsp3) is 0.476. The second kappa shape index (κ2) is 10.0. The second-order valence-corrected chi connectivity index (χ2v) is 7.35. The van der Waals surface area contributed by atoms with Crippen LogP contribution in [-0.2, 0) is 6.54 Å². The number of nitrogens with two attached hydrogens (primary N) is 1. The van der Waals surface area contributed by atoms with Crippen molar-refractivity contribution >= 4 is 17.4 Å². The van der Waals surface area contributed by atoms with Crippen molar-refractivity contribution in [2.24, 2.45) is 10.7 Å². The lowest BCUT2D eigenvalue weighted by atomic mass is 9.91. The smallest absolute Gasteiger partial charge is 0.196 e. The number of aliphatic imine (C=N–C) groups is 1. The molecule has 1 aliphatic carbocycles. The van der Waals surface area contributed by atoms with E-state index in [1.165, 1.54) is 12.8 Å². The van der Waals surface area contributed by atoms with Gasteiger partial charge in [-0.15, -0.1) is 0 Å². The first-order valence-electron chi connectivity index (χ1n) is 10.0. The number of nitrogens with one attached hydrogen (secondary N) is 2. The Balaban J connectivity index is 1.66. The molecular weight excluding hydrogens is 352 g/mol. The highest BCUT2D eigenvalue weighted by molar-refractivity contribution is 5.98. The first kappa shape index (κ1) is 20.1. The summed E-state index contributed by atoms with van der Waals surface area (Å²) in [7, 11) is 0. The molecule has 0 spiro atoms. The van der Waals surface area contributed by atoms with Crippen molar-refractivity contribution in [1.29, 1.82) is 0 Å². The number of nitrogens with zero attached hydrogens (tertiary/aromatic N) is 3. The molecule has 1 heterocycles. The number of carbonyl (C=O) groups is 1. The fourth-order valence-corrected chi connectivity index (χ4v) is 3.45. The molecule has 1 aromatic carbocycles. The molecule has 7 nitrogen and oxygen atoms in total. The highest BCUT2D eigenvalue weighted by atomic mass is 16.1. The van der Waals surface area contributed by atoms with Crippen LogP contribution in [0.4, 0.5) is 5.69 Å². The van der Waals surface area contributed by atoms with Gasteiger partial charge in [-0.25, -0.2) is 4.98 Å². The third kappa shape index (κ3) is 5.92. The standard InChI is InChI=1S/C21H30N6O/c1-16(28)17-6-4-7-18(14-17)25-21(26-20-9-3-2-8-19(20)22)24-10-5-12-27-13-11-23-15-27/h4,6-7,11,13-15,19-20H,2-3,5,8-10,12,22H2,1H3,(H2,24,25,26)/t19-,20-/m0/s1. The third-order valence-electron chi connectivity index (χ3n) is 5.08. The van der Waals surface area contributed by atoms with E-state index in [9.17, 15) is 4.79 Å². The lowest BCUT2D eigenvalue weighted by Crippen LogP contribution is -2.51. The van der Waals surface area contributed by atoms with Crippen LogP contribution >= 0.6 is 0 Å². The fourth-order valence-electron chi connectivity index (χ4n) is 3.45. The lowest BCUT2D eigenvalue weighted by Gasteiger charge is -2.30. The molecule has 2 aromatic rings. The van der Waals surface area contributed by atoms with Crippen molar-refractivity contribution in [1.82, 2.24) is 14.9 Å². The Morgan fingerprint density at radius 2 is 2.21 bits per heavy atom. The first-order chi connectivity index (χ1) is 13.6. The van der Waals surface area contributed by atoms with E-state index in [0.717, 1.165) is 31.5 Å². The van der Waals surface area contributed by atoms with Gasteiger partial charge in [0.15, 0.2) is 11.7 Å². The van der Waals surface area contributed by atoms with Gasteiger partial charge in [-0.3, -0.25) is 9.79 Å². The Hall–Kier alpha value is -2.67. The van der Waals surface area contributed by atoms with Crippen LogP contribution in [0.15, 0.2) is 48.0 Å². The van der Waals surface area contributed by atoms with Crippen LogP contribution in [0.5, 0.6) is 0 Å². The zero-order valence-electron chi connectivity index (χ0n) is 16.5. The monoisotopic (exact) mass is 382 g/mol. The molecule has 0 unspecified atom stereocenters. The highest BCUT2D eigenvalue weighted by Crippen LogP contribution is 2.17. The van der Waals surface area contributed by atoms with Crippen molar-refractivity contribution in [2.45, 2.75) is 57.7 Å². The van der Waals surface area contributed by atoms with Gasteiger partial charge in [-0.05, 0) is 38.3 Å². The van der Waals surface area contributed by atoms with E-state index < -0.39 is 0 Å². The second-order valence-electron chi connectivity index (χ2n) is 7.35. The Morgan fingerprint density at radius 1 is 1.36 bits per heavy atom. The van der Waals surface area contributed by atoms with E-state index >= 15 is 0 Å². The molecule has 4 N–H and O–H groups in total. The zero-order chi connectivity index (χ0) is 19.8. The van der Waals surface area contributed by atoms with Gasteiger partial charge in [-0.1, -0.05) is 25.0 Å². The Bertz CT molecular complexity index is 786. The third-order valence-corrected chi connectivity index (χ3v) is 5.08. The quantitative estimate of drug-likeness (QED) is 0.296. The summed E-state index contributed by atoms with van der Waals surface area (Å²) in [6.07, 6.45) is 10.9. The predicted molar refractivity (Wildman–Crippen MR) is 113 cm³/mol. The van der Waals surface area contributed by atoms with Gasteiger partial charge in [0.25, 0.3) is 0 Å². The number of anilines is 1. The number of imidazole rings is 1. The van der Waals surface area contributed by atoms with E-state index in [2.05, 4.69) is 15.6 Å². The predicted octanol–water partition coefficient (Wildman–Crippen LogP) is 2.80. The van der Waals surface area contributed by atoms with Crippen LogP contribution < -0.4 is 16.4 Å². The van der Waals surface area contributed by atoms with Crippen LogP contribution in [0, 0.1) is 0 Å². The molecule has 150 valence electrons. The number of Topliss-reactive ketones (excluding diaryl/α,β-unsaturated/α-hetero) is 1.